The molecule has 2 heterocycles. The van der Waals surface area contributed by atoms with E-state index in [2.05, 4.69) is 18.7 Å². The molecule has 6 nitrogen and oxygen atoms in total. The number of hydrogen-bond donors (Lipinski definition) is 0. The Bertz CT molecular complexity index is 1300. The zero-order chi connectivity index (χ0) is 24.2. The van der Waals surface area contributed by atoms with Crippen LogP contribution in [0.2, 0.25) is 0 Å². The summed E-state index contributed by atoms with van der Waals surface area (Å²) in [6.45, 7) is 10.2. The molecular formula is C28H31NO5. The van der Waals surface area contributed by atoms with Crippen LogP contribution in [0, 0.1) is 0 Å². The highest BCUT2D eigenvalue weighted by molar-refractivity contribution is 5.90. The van der Waals surface area contributed by atoms with Crippen LogP contribution in [0.5, 0.6) is 5.75 Å². The number of rotatable bonds is 7. The molecule has 0 saturated heterocycles. The van der Waals surface area contributed by atoms with Crippen LogP contribution in [0.3, 0.4) is 0 Å². The second-order valence-electron chi connectivity index (χ2n) is 8.51. The average Bonchev–Trinajstić information content (AvgIpc) is 3.01. The Labute approximate surface area is 199 Å². The van der Waals surface area contributed by atoms with E-state index in [9.17, 15) is 9.59 Å². The Morgan fingerprint density at radius 1 is 1.03 bits per heavy atom. The van der Waals surface area contributed by atoms with Gasteiger partial charge in [0.15, 0.2) is 0 Å². The highest BCUT2D eigenvalue weighted by Gasteiger charge is 2.22. The van der Waals surface area contributed by atoms with Gasteiger partial charge in [0.1, 0.15) is 22.7 Å². The number of anilines is 1. The molecule has 1 aliphatic heterocycles. The third-order valence-electron chi connectivity index (χ3n) is 6.20. The summed E-state index contributed by atoms with van der Waals surface area (Å²) in [7, 11) is 0. The number of aryl methyl sites for hydroxylation is 1. The molecule has 1 aliphatic rings. The maximum atomic E-state index is 13.0. The first-order valence-corrected chi connectivity index (χ1v) is 12.0. The maximum absolute atomic E-state index is 13.0. The average molecular weight is 462 g/mol. The number of esters is 1. The molecule has 0 unspecified atom stereocenters. The topological polar surface area (TPSA) is 69.0 Å². The van der Waals surface area contributed by atoms with E-state index in [0.29, 0.717) is 34.8 Å². The smallest absolute Gasteiger partial charge is 0.347 e. The minimum absolute atomic E-state index is 0.370. The second kappa shape index (κ2) is 10.2. The Morgan fingerprint density at radius 2 is 1.82 bits per heavy atom. The van der Waals surface area contributed by atoms with Crippen molar-refractivity contribution in [2.45, 2.75) is 47.0 Å². The molecule has 0 radical (unpaired) electrons. The Hall–Kier alpha value is -3.54. The van der Waals surface area contributed by atoms with Crippen molar-refractivity contribution in [2.24, 2.45) is 0 Å². The molecular weight excluding hydrogens is 430 g/mol. The number of nitrogens with zero attached hydrogens (tertiary/aromatic N) is 1. The third-order valence-corrected chi connectivity index (χ3v) is 6.20. The summed E-state index contributed by atoms with van der Waals surface area (Å²) >= 11 is 0. The van der Waals surface area contributed by atoms with Crippen LogP contribution in [0.4, 0.5) is 5.69 Å². The van der Waals surface area contributed by atoms with E-state index in [-0.39, 0.29) is 5.97 Å². The summed E-state index contributed by atoms with van der Waals surface area (Å²) in [6.07, 6.45) is 2.24. The van der Waals surface area contributed by atoms with Crippen LogP contribution < -0.4 is 15.3 Å². The van der Waals surface area contributed by atoms with E-state index in [1.807, 2.05) is 44.2 Å². The van der Waals surface area contributed by atoms with Gasteiger partial charge in [-0.3, -0.25) is 0 Å². The van der Waals surface area contributed by atoms with Gasteiger partial charge in [0.05, 0.1) is 12.2 Å². The van der Waals surface area contributed by atoms with Gasteiger partial charge in [-0.15, -0.1) is 0 Å². The first-order chi connectivity index (χ1) is 16.4. The molecule has 0 fully saturated rings. The summed E-state index contributed by atoms with van der Waals surface area (Å²) in [5.74, 6) is 0.671. The van der Waals surface area contributed by atoms with E-state index < -0.39 is 5.63 Å². The van der Waals surface area contributed by atoms with Gasteiger partial charge >= 0.3 is 11.6 Å². The minimum Gasteiger partial charge on any atom is -0.462 e. The Kier molecular flexibility index (Phi) is 7.06. The van der Waals surface area contributed by atoms with Crippen LogP contribution in [0.15, 0.2) is 57.2 Å². The van der Waals surface area contributed by atoms with Gasteiger partial charge in [0.2, 0.25) is 0 Å². The van der Waals surface area contributed by atoms with Gasteiger partial charge in [-0.2, -0.15) is 0 Å². The van der Waals surface area contributed by atoms with Crippen molar-refractivity contribution in [1.82, 2.24) is 0 Å². The molecule has 0 spiro atoms. The zero-order valence-corrected chi connectivity index (χ0v) is 20.3. The number of carbonyl (C=O) groups excluding carboxylic acids is 1. The molecule has 0 amide bonds. The first kappa shape index (κ1) is 23.6. The molecule has 0 aliphatic carbocycles. The normalized spacial score (nSPS) is 13.3. The van der Waals surface area contributed by atoms with Gasteiger partial charge < -0.3 is 18.8 Å². The zero-order valence-electron chi connectivity index (χ0n) is 20.3. The second-order valence-corrected chi connectivity index (χ2v) is 8.51. The summed E-state index contributed by atoms with van der Waals surface area (Å²) in [5, 5.41) is 0.829. The lowest BCUT2D eigenvalue weighted by molar-refractivity contribution is 0.0504. The van der Waals surface area contributed by atoms with Crippen LogP contribution >= 0.6 is 0 Å². The lowest BCUT2D eigenvalue weighted by Crippen LogP contribution is -2.21. The molecule has 178 valence electrons. The predicted molar refractivity (Wildman–Crippen MR) is 135 cm³/mol. The first-order valence-electron chi connectivity index (χ1n) is 12.0. The summed E-state index contributed by atoms with van der Waals surface area (Å²) in [4.78, 5) is 27.6. The fraction of sp³-hybridized carbons (Fsp3) is 0.357. The quantitative estimate of drug-likeness (QED) is 0.319. The molecule has 0 bridgehead atoms. The highest BCUT2D eigenvalue weighted by Crippen LogP contribution is 2.34. The molecule has 6 heteroatoms. The van der Waals surface area contributed by atoms with Crippen LogP contribution in [-0.2, 0) is 11.2 Å². The number of fused-ring (bicyclic) bond motifs is 2. The van der Waals surface area contributed by atoms with Crippen molar-refractivity contribution in [2.75, 3.05) is 24.6 Å². The molecule has 0 saturated carbocycles. The van der Waals surface area contributed by atoms with Gasteiger partial charge in [-0.25, -0.2) is 9.59 Å². The summed E-state index contributed by atoms with van der Waals surface area (Å²) in [5.41, 5.74) is 3.87. The highest BCUT2D eigenvalue weighted by atomic mass is 16.5. The number of ether oxygens (including phenoxy) is 2. The van der Waals surface area contributed by atoms with Gasteiger partial charge in [-0.05, 0) is 81.5 Å². The lowest BCUT2D eigenvalue weighted by atomic mass is 10.0. The van der Waals surface area contributed by atoms with Crippen LogP contribution in [0.1, 0.15) is 62.0 Å². The number of benzene rings is 2. The molecule has 0 N–H and O–H groups in total. The van der Waals surface area contributed by atoms with E-state index in [1.165, 1.54) is 0 Å². The SMILES string of the molecule is CCCOC(=O)c1ccc2c(c1)OC(c1cc3ccc(N(CC)CC)cc3oc1=O)=C(C)CC2. The third kappa shape index (κ3) is 4.72. The van der Waals surface area contributed by atoms with E-state index >= 15 is 0 Å². The van der Waals surface area contributed by atoms with Crippen molar-refractivity contribution < 1.29 is 18.7 Å². The van der Waals surface area contributed by atoms with Gasteiger partial charge in [0, 0.05) is 30.2 Å². The van der Waals surface area contributed by atoms with Crippen molar-refractivity contribution >= 4 is 28.4 Å². The summed E-state index contributed by atoms with van der Waals surface area (Å²) in [6, 6.07) is 13.1. The van der Waals surface area contributed by atoms with Gasteiger partial charge in [-0.1, -0.05) is 13.0 Å². The number of carbonyl (C=O) groups is 1. The molecule has 34 heavy (non-hydrogen) atoms. The largest absolute Gasteiger partial charge is 0.462 e. The van der Waals surface area contributed by atoms with Gasteiger partial charge in [0.25, 0.3) is 0 Å². The molecule has 4 rings (SSSR count). The van der Waals surface area contributed by atoms with Crippen LogP contribution in [0.25, 0.3) is 16.7 Å². The maximum Gasteiger partial charge on any atom is 0.347 e. The molecule has 3 aromatic rings. The Balaban J connectivity index is 1.71. The van der Waals surface area contributed by atoms with Crippen molar-refractivity contribution in [1.29, 1.82) is 0 Å². The lowest BCUT2D eigenvalue weighted by Gasteiger charge is -2.21. The summed E-state index contributed by atoms with van der Waals surface area (Å²) < 4.78 is 17.3. The van der Waals surface area contributed by atoms with Crippen LogP contribution in [-0.4, -0.2) is 25.7 Å². The van der Waals surface area contributed by atoms with E-state index in [0.717, 1.165) is 54.6 Å². The molecule has 1 aromatic heterocycles. The molecule has 0 atom stereocenters. The van der Waals surface area contributed by atoms with Crippen molar-refractivity contribution in [3.8, 4) is 5.75 Å². The number of allylic oxidation sites excluding steroid dienone is 1. The van der Waals surface area contributed by atoms with E-state index in [4.69, 9.17) is 13.9 Å². The Morgan fingerprint density at radius 3 is 2.56 bits per heavy atom. The monoisotopic (exact) mass is 461 g/mol. The van der Waals surface area contributed by atoms with Crippen molar-refractivity contribution in [3.05, 3.63) is 75.1 Å². The molecule has 2 aromatic carbocycles. The fourth-order valence-corrected chi connectivity index (χ4v) is 4.22. The van der Waals surface area contributed by atoms with Crippen molar-refractivity contribution in [3.63, 3.8) is 0 Å². The minimum atomic E-state index is -0.444. The fourth-order valence-electron chi connectivity index (χ4n) is 4.22. The predicted octanol–water partition coefficient (Wildman–Crippen LogP) is 5.96. The standard InChI is InChI=1S/C28H31NO5/c1-5-14-32-27(30)21-11-10-19-9-8-18(4)26(33-24(19)16-21)23-15-20-12-13-22(29(6-2)7-3)17-25(20)34-28(23)31/h10-13,15-17H,5-9,14H2,1-4H3. The van der Waals surface area contributed by atoms with E-state index in [1.54, 1.807) is 12.1 Å². The number of hydrogen-bond acceptors (Lipinski definition) is 6.